The average molecular weight is 706 g/mol. The zero-order valence-electron chi connectivity index (χ0n) is 33.3. The summed E-state index contributed by atoms with van der Waals surface area (Å²) >= 11 is 0. The van der Waals surface area contributed by atoms with Crippen molar-refractivity contribution in [2.45, 2.75) is 238 Å². The van der Waals surface area contributed by atoms with Gasteiger partial charge in [-0.25, -0.2) is 0 Å². The Morgan fingerprint density at radius 3 is 1.52 bits per heavy atom. The molecule has 0 aliphatic heterocycles. The molecule has 6 heteroatoms. The minimum absolute atomic E-state index is 0.0624. The Morgan fingerprint density at radius 1 is 0.560 bits per heavy atom. The normalized spacial score (nSPS) is 13.6. The summed E-state index contributed by atoms with van der Waals surface area (Å²) in [5.41, 5.74) is 0. The largest absolute Gasteiger partial charge is 0.462 e. The Hall–Kier alpha value is -1.66. The maximum Gasteiger partial charge on any atom is 0.306 e. The highest BCUT2D eigenvalue weighted by atomic mass is 16.5. The summed E-state index contributed by atoms with van der Waals surface area (Å²) in [5.74, 6) is -0.511. The first-order valence-electron chi connectivity index (χ1n) is 21.6. The van der Waals surface area contributed by atoms with Gasteiger partial charge < -0.3 is 20.3 Å². The fourth-order valence-corrected chi connectivity index (χ4v) is 6.43. The second kappa shape index (κ2) is 38.6. The maximum absolute atomic E-state index is 13.0. The third kappa shape index (κ3) is 33.5. The highest BCUT2D eigenvalue weighted by Gasteiger charge is 2.24. The lowest BCUT2D eigenvalue weighted by molar-refractivity contribution is -0.151. The number of rotatable bonds is 38. The number of carbonyl (C=O) groups is 2. The van der Waals surface area contributed by atoms with Crippen molar-refractivity contribution in [1.82, 2.24) is 5.32 Å². The molecule has 3 unspecified atom stereocenters. The zero-order valence-corrected chi connectivity index (χ0v) is 33.3. The molecular formula is C44H83NO5. The minimum Gasteiger partial charge on any atom is -0.462 e. The summed E-state index contributed by atoms with van der Waals surface area (Å²) < 4.78 is 5.85. The van der Waals surface area contributed by atoms with Gasteiger partial charge in [0.1, 0.15) is 6.10 Å². The van der Waals surface area contributed by atoms with Crippen molar-refractivity contribution in [3.8, 4) is 0 Å². The van der Waals surface area contributed by atoms with E-state index in [0.29, 0.717) is 19.3 Å². The van der Waals surface area contributed by atoms with Crippen LogP contribution in [-0.2, 0) is 14.3 Å². The van der Waals surface area contributed by atoms with E-state index in [4.69, 9.17) is 4.74 Å². The average Bonchev–Trinajstić information content (AvgIpc) is 3.10. The molecule has 0 aromatic rings. The third-order valence-corrected chi connectivity index (χ3v) is 9.73. The van der Waals surface area contributed by atoms with Crippen molar-refractivity contribution in [3.05, 3.63) is 24.3 Å². The Labute approximate surface area is 310 Å². The van der Waals surface area contributed by atoms with Crippen LogP contribution in [0.2, 0.25) is 0 Å². The van der Waals surface area contributed by atoms with Crippen molar-refractivity contribution in [2.24, 2.45) is 0 Å². The zero-order chi connectivity index (χ0) is 36.8. The second-order valence-corrected chi connectivity index (χ2v) is 14.7. The SMILES string of the molecule is CCC/C=C\CCCCCC(CC(=O)NC(CO)C(O)CCCCCCCCCCC)OC(=O)CCCCC/C=C\CCCCCCCCC. The summed E-state index contributed by atoms with van der Waals surface area (Å²) in [6.45, 7) is 6.36. The molecule has 0 aliphatic rings. The quantitative estimate of drug-likeness (QED) is 0.0337. The molecule has 1 amide bonds. The molecule has 0 rings (SSSR count). The van der Waals surface area contributed by atoms with Crippen LogP contribution in [-0.4, -0.2) is 46.9 Å². The van der Waals surface area contributed by atoms with E-state index < -0.39 is 18.2 Å². The van der Waals surface area contributed by atoms with Gasteiger partial charge in [-0.15, -0.1) is 0 Å². The molecule has 0 fully saturated rings. The van der Waals surface area contributed by atoms with Crippen molar-refractivity contribution in [3.63, 3.8) is 0 Å². The van der Waals surface area contributed by atoms with E-state index in [1.807, 2.05) is 0 Å². The lowest BCUT2D eigenvalue weighted by atomic mass is 10.0. The number of amides is 1. The van der Waals surface area contributed by atoms with Crippen molar-refractivity contribution in [1.29, 1.82) is 0 Å². The van der Waals surface area contributed by atoms with Gasteiger partial charge in [0, 0.05) is 6.42 Å². The van der Waals surface area contributed by atoms with Crippen molar-refractivity contribution < 1.29 is 24.5 Å². The number of aliphatic hydroxyl groups is 2. The number of esters is 1. The summed E-state index contributed by atoms with van der Waals surface area (Å²) in [7, 11) is 0. The van der Waals surface area contributed by atoms with Crippen LogP contribution in [0.5, 0.6) is 0 Å². The van der Waals surface area contributed by atoms with E-state index in [9.17, 15) is 19.8 Å². The molecule has 50 heavy (non-hydrogen) atoms. The van der Waals surface area contributed by atoms with E-state index >= 15 is 0 Å². The predicted molar refractivity (Wildman–Crippen MR) is 213 cm³/mol. The Bertz CT molecular complexity index is 797. The summed E-state index contributed by atoms with van der Waals surface area (Å²) in [6, 6.07) is -0.701. The van der Waals surface area contributed by atoms with Gasteiger partial charge in [-0.05, 0) is 70.6 Å². The van der Waals surface area contributed by atoms with Gasteiger partial charge >= 0.3 is 5.97 Å². The molecular weight excluding hydrogens is 622 g/mol. The number of nitrogens with one attached hydrogen (secondary N) is 1. The molecule has 3 atom stereocenters. The monoisotopic (exact) mass is 706 g/mol. The molecule has 0 aliphatic carbocycles. The van der Waals surface area contributed by atoms with E-state index in [1.165, 1.54) is 89.9 Å². The lowest BCUT2D eigenvalue weighted by Crippen LogP contribution is -2.46. The molecule has 0 spiro atoms. The van der Waals surface area contributed by atoms with Crippen LogP contribution < -0.4 is 5.32 Å². The van der Waals surface area contributed by atoms with Gasteiger partial charge in [-0.1, -0.05) is 161 Å². The fourth-order valence-electron chi connectivity index (χ4n) is 6.43. The number of ether oxygens (including phenoxy) is 1. The molecule has 0 saturated carbocycles. The second-order valence-electron chi connectivity index (χ2n) is 14.7. The van der Waals surface area contributed by atoms with Gasteiger partial charge in [0.05, 0.1) is 25.2 Å². The number of hydrogen-bond donors (Lipinski definition) is 3. The van der Waals surface area contributed by atoms with Crippen molar-refractivity contribution >= 4 is 11.9 Å². The van der Waals surface area contributed by atoms with Crippen LogP contribution in [0.1, 0.15) is 220 Å². The molecule has 0 heterocycles. The van der Waals surface area contributed by atoms with Gasteiger partial charge in [-0.2, -0.15) is 0 Å². The highest BCUT2D eigenvalue weighted by Crippen LogP contribution is 2.16. The number of carbonyl (C=O) groups excluding carboxylic acids is 2. The van der Waals surface area contributed by atoms with Gasteiger partial charge in [0.2, 0.25) is 5.91 Å². The number of aliphatic hydroxyl groups excluding tert-OH is 2. The van der Waals surface area contributed by atoms with Gasteiger partial charge in [0.25, 0.3) is 0 Å². The van der Waals surface area contributed by atoms with E-state index in [0.717, 1.165) is 83.5 Å². The smallest absolute Gasteiger partial charge is 0.306 e. The molecule has 0 aromatic carbocycles. The maximum atomic E-state index is 13.0. The van der Waals surface area contributed by atoms with Crippen LogP contribution in [0.3, 0.4) is 0 Å². The molecule has 3 N–H and O–H groups in total. The summed E-state index contributed by atoms with van der Waals surface area (Å²) in [5, 5.41) is 23.5. The van der Waals surface area contributed by atoms with Gasteiger partial charge in [0.15, 0.2) is 0 Å². The van der Waals surface area contributed by atoms with E-state index in [-0.39, 0.29) is 24.9 Å². The standard InChI is InChI=1S/C44H83NO5/c1-4-7-10-13-16-19-20-21-22-23-25-28-31-34-37-44(49)50-40(35-32-29-26-18-15-12-9-6-3)38-43(48)45-41(39-46)42(47)36-33-30-27-24-17-14-11-8-5-2/h12,15,22-23,40-42,46-47H,4-11,13-14,16-21,24-39H2,1-3H3,(H,45,48)/b15-12-,23-22-. The molecule has 0 bridgehead atoms. The third-order valence-electron chi connectivity index (χ3n) is 9.73. The van der Waals surface area contributed by atoms with E-state index in [1.54, 1.807) is 0 Å². The minimum atomic E-state index is -0.787. The molecule has 6 nitrogen and oxygen atoms in total. The number of allylic oxidation sites excluding steroid dienone is 4. The van der Waals surface area contributed by atoms with Crippen LogP contribution in [0.25, 0.3) is 0 Å². The van der Waals surface area contributed by atoms with Crippen molar-refractivity contribution in [2.75, 3.05) is 6.61 Å². The van der Waals surface area contributed by atoms with Crippen LogP contribution in [0, 0.1) is 0 Å². The van der Waals surface area contributed by atoms with Crippen LogP contribution >= 0.6 is 0 Å². The Balaban J connectivity index is 4.54. The Morgan fingerprint density at radius 2 is 1.00 bits per heavy atom. The van der Waals surface area contributed by atoms with Crippen LogP contribution in [0.15, 0.2) is 24.3 Å². The number of hydrogen-bond acceptors (Lipinski definition) is 5. The first-order chi connectivity index (χ1) is 24.5. The molecule has 294 valence electrons. The topological polar surface area (TPSA) is 95.9 Å². The first kappa shape index (κ1) is 48.3. The predicted octanol–water partition coefficient (Wildman–Crippen LogP) is 12.0. The molecule has 0 saturated heterocycles. The number of unbranched alkanes of at least 4 members (excludes halogenated alkanes) is 22. The van der Waals surface area contributed by atoms with Gasteiger partial charge in [-0.3, -0.25) is 9.59 Å². The fraction of sp³-hybridized carbons (Fsp3) is 0.864. The van der Waals surface area contributed by atoms with Crippen LogP contribution in [0.4, 0.5) is 0 Å². The lowest BCUT2D eigenvalue weighted by Gasteiger charge is -2.24. The summed E-state index contributed by atoms with van der Waals surface area (Å²) in [4.78, 5) is 25.8. The molecule has 0 radical (unpaired) electrons. The van der Waals surface area contributed by atoms with E-state index in [2.05, 4.69) is 50.4 Å². The highest BCUT2D eigenvalue weighted by molar-refractivity contribution is 5.77. The summed E-state index contributed by atoms with van der Waals surface area (Å²) in [6.07, 6.45) is 41.1. The molecule has 0 aromatic heterocycles. The Kier molecular flexibility index (Phi) is 37.3. The first-order valence-corrected chi connectivity index (χ1v) is 21.6.